The van der Waals surface area contributed by atoms with Crippen LogP contribution in [0.15, 0.2) is 36.4 Å². The largest absolute Gasteiger partial charge is 0.508 e. The number of benzene rings is 2. The van der Waals surface area contributed by atoms with Gasteiger partial charge in [-0.2, -0.15) is 0 Å². The number of carbonyl (C=O) groups excluding carboxylic acids is 2. The first-order chi connectivity index (χ1) is 17.0. The second-order valence-electron chi connectivity index (χ2n) is 11.2. The fraction of sp³-hybridized carbons (Fsp3) is 0.548. The molecule has 2 N–H and O–H groups in total. The van der Waals surface area contributed by atoms with Gasteiger partial charge in [-0.15, -0.1) is 0 Å². The van der Waals surface area contributed by atoms with Gasteiger partial charge in [0.1, 0.15) is 17.8 Å². The van der Waals surface area contributed by atoms with Crippen molar-refractivity contribution in [1.29, 1.82) is 0 Å². The van der Waals surface area contributed by atoms with Crippen LogP contribution in [0.4, 0.5) is 0 Å². The van der Waals surface area contributed by atoms with E-state index in [4.69, 9.17) is 4.74 Å². The summed E-state index contributed by atoms with van der Waals surface area (Å²) in [5, 5.41) is 21.4. The number of phenols is 2. The lowest BCUT2D eigenvalue weighted by molar-refractivity contribution is -0.140. The Morgan fingerprint density at radius 1 is 0.917 bits per heavy atom. The maximum Gasteiger partial charge on any atom is 0.305 e. The number of phenolic OH excluding ortho intramolecular Hbond substituents is 2. The fourth-order valence-electron chi connectivity index (χ4n) is 5.11. The Hall–Kier alpha value is -2.82. The first-order valence-electron chi connectivity index (χ1n) is 13.1. The number of rotatable bonds is 14. The van der Waals surface area contributed by atoms with E-state index in [2.05, 4.69) is 46.8 Å². The lowest BCUT2D eigenvalue weighted by Gasteiger charge is -2.29. The van der Waals surface area contributed by atoms with Crippen LogP contribution in [-0.4, -0.2) is 29.6 Å². The molecule has 2 rings (SSSR count). The zero-order valence-electron chi connectivity index (χ0n) is 22.9. The summed E-state index contributed by atoms with van der Waals surface area (Å²) in [6.45, 7) is 10.6. The van der Waals surface area contributed by atoms with E-state index in [0.717, 1.165) is 60.6 Å². The molecule has 0 spiro atoms. The van der Waals surface area contributed by atoms with Gasteiger partial charge in [-0.25, -0.2) is 0 Å². The number of unbranched alkanes of at least 4 members (excludes halogenated alkanes) is 1. The number of methoxy groups -OCH3 is 1. The molecule has 0 aliphatic heterocycles. The minimum atomic E-state index is -0.314. The Labute approximate surface area is 216 Å². The van der Waals surface area contributed by atoms with Gasteiger partial charge in [0.15, 0.2) is 0 Å². The smallest absolute Gasteiger partial charge is 0.305 e. The zero-order chi connectivity index (χ0) is 26.9. The highest BCUT2D eigenvalue weighted by atomic mass is 16.5. The Balaban J connectivity index is 2.43. The summed E-state index contributed by atoms with van der Waals surface area (Å²) in [5.74, 6) is 0.442. The van der Waals surface area contributed by atoms with Crippen molar-refractivity contribution in [2.45, 2.75) is 103 Å². The third-order valence-corrected chi connectivity index (χ3v) is 7.42. The van der Waals surface area contributed by atoms with Crippen LogP contribution in [-0.2, 0) is 25.2 Å². The molecule has 0 amide bonds. The van der Waals surface area contributed by atoms with E-state index in [-0.39, 0.29) is 34.2 Å². The van der Waals surface area contributed by atoms with Crippen molar-refractivity contribution in [3.05, 3.63) is 58.7 Å². The molecule has 1 unspecified atom stereocenters. The standard InChI is InChI=1S/C31H44O5/c1-7-11-24(22-13-15-27(33)25(20-22)30(2,3)17-8-9-19-32)23-14-16-28(34)26(21-23)31(4,5)18-10-12-29(35)36-6/h13-16,19-21,24,33-34H,7-12,17-18H2,1-6H3. The molecule has 0 heterocycles. The summed E-state index contributed by atoms with van der Waals surface area (Å²) in [7, 11) is 1.40. The van der Waals surface area contributed by atoms with Crippen LogP contribution in [0, 0.1) is 0 Å². The van der Waals surface area contributed by atoms with Crippen LogP contribution in [0.2, 0.25) is 0 Å². The highest BCUT2D eigenvalue weighted by Crippen LogP contribution is 2.42. The van der Waals surface area contributed by atoms with Gasteiger partial charge in [-0.05, 0) is 77.3 Å². The molecule has 1 atom stereocenters. The van der Waals surface area contributed by atoms with Crippen molar-refractivity contribution >= 4 is 12.3 Å². The summed E-state index contributed by atoms with van der Waals surface area (Å²) >= 11 is 0. The van der Waals surface area contributed by atoms with Crippen LogP contribution < -0.4 is 0 Å². The van der Waals surface area contributed by atoms with E-state index < -0.39 is 0 Å². The van der Waals surface area contributed by atoms with Gasteiger partial charge >= 0.3 is 5.97 Å². The van der Waals surface area contributed by atoms with Crippen molar-refractivity contribution in [3.63, 3.8) is 0 Å². The summed E-state index contributed by atoms with van der Waals surface area (Å²) in [6.07, 6.45) is 6.77. The highest BCUT2D eigenvalue weighted by Gasteiger charge is 2.28. The van der Waals surface area contributed by atoms with Gasteiger partial charge in [0.25, 0.3) is 0 Å². The number of ether oxygens (including phenoxy) is 1. The Bertz CT molecular complexity index is 1020. The maximum atomic E-state index is 11.6. The quantitative estimate of drug-likeness (QED) is 0.163. The third-order valence-electron chi connectivity index (χ3n) is 7.42. The highest BCUT2D eigenvalue weighted by molar-refractivity contribution is 5.69. The van der Waals surface area contributed by atoms with Crippen LogP contribution in [0.3, 0.4) is 0 Å². The first kappa shape index (κ1) is 29.4. The summed E-state index contributed by atoms with van der Waals surface area (Å²) in [5.41, 5.74) is 3.45. The summed E-state index contributed by atoms with van der Waals surface area (Å²) in [4.78, 5) is 22.4. The molecule has 0 aliphatic rings. The van der Waals surface area contributed by atoms with Gasteiger partial charge in [-0.3, -0.25) is 4.79 Å². The number of esters is 1. The first-order valence-corrected chi connectivity index (χ1v) is 13.1. The SMILES string of the molecule is CCCC(c1ccc(O)c(C(C)(C)CCCC=O)c1)c1ccc(O)c(C(C)(C)CCCC(=O)OC)c1. The molecule has 0 aliphatic carbocycles. The molecule has 0 bridgehead atoms. The molecule has 2 aromatic rings. The number of hydrogen-bond donors (Lipinski definition) is 2. The number of hydrogen-bond acceptors (Lipinski definition) is 5. The maximum absolute atomic E-state index is 11.6. The van der Waals surface area contributed by atoms with E-state index in [1.165, 1.54) is 7.11 Å². The van der Waals surface area contributed by atoms with Crippen LogP contribution in [0.25, 0.3) is 0 Å². The minimum Gasteiger partial charge on any atom is -0.508 e. The molecule has 0 saturated heterocycles. The minimum absolute atomic E-state index is 0.116. The number of carbonyl (C=O) groups is 2. The van der Waals surface area contributed by atoms with Crippen LogP contribution in [0.5, 0.6) is 11.5 Å². The monoisotopic (exact) mass is 496 g/mol. The molecule has 2 aromatic carbocycles. The van der Waals surface area contributed by atoms with Crippen molar-refractivity contribution in [3.8, 4) is 11.5 Å². The van der Waals surface area contributed by atoms with Crippen LogP contribution >= 0.6 is 0 Å². The zero-order valence-corrected chi connectivity index (χ0v) is 22.9. The van der Waals surface area contributed by atoms with Crippen molar-refractivity contribution in [2.75, 3.05) is 7.11 Å². The molecule has 0 aromatic heterocycles. The molecular weight excluding hydrogens is 452 g/mol. The summed E-state index contributed by atoms with van der Waals surface area (Å²) in [6, 6.07) is 11.8. The predicted molar refractivity (Wildman–Crippen MR) is 145 cm³/mol. The molecule has 198 valence electrons. The van der Waals surface area contributed by atoms with Gasteiger partial charge < -0.3 is 19.7 Å². The molecule has 5 nitrogen and oxygen atoms in total. The van der Waals surface area contributed by atoms with Crippen LogP contribution in [0.1, 0.15) is 114 Å². The normalized spacial score (nSPS) is 12.8. The van der Waals surface area contributed by atoms with Gasteiger partial charge in [0.2, 0.25) is 0 Å². The second kappa shape index (κ2) is 12.9. The van der Waals surface area contributed by atoms with Gasteiger partial charge in [0, 0.05) is 18.8 Å². The molecule has 36 heavy (non-hydrogen) atoms. The predicted octanol–water partition coefficient (Wildman–Crippen LogP) is 7.30. The average Bonchev–Trinajstić information content (AvgIpc) is 2.83. The van der Waals surface area contributed by atoms with Crippen molar-refractivity contribution < 1.29 is 24.5 Å². The third kappa shape index (κ3) is 7.59. The lowest BCUT2D eigenvalue weighted by atomic mass is 9.75. The number of aldehydes is 1. The second-order valence-corrected chi connectivity index (χ2v) is 11.2. The molecule has 0 fully saturated rings. The van der Waals surface area contributed by atoms with E-state index in [1.54, 1.807) is 12.1 Å². The lowest BCUT2D eigenvalue weighted by Crippen LogP contribution is -2.19. The Kier molecular flexibility index (Phi) is 10.6. The van der Waals surface area contributed by atoms with E-state index >= 15 is 0 Å². The molecular formula is C31H44O5. The molecule has 5 heteroatoms. The van der Waals surface area contributed by atoms with Crippen molar-refractivity contribution in [1.82, 2.24) is 0 Å². The fourth-order valence-corrected chi connectivity index (χ4v) is 5.11. The topological polar surface area (TPSA) is 83.8 Å². The van der Waals surface area contributed by atoms with E-state index in [1.807, 2.05) is 12.1 Å². The molecule has 0 radical (unpaired) electrons. The number of aromatic hydroxyl groups is 2. The molecule has 0 saturated carbocycles. The van der Waals surface area contributed by atoms with Gasteiger partial charge in [-0.1, -0.05) is 65.3 Å². The van der Waals surface area contributed by atoms with Gasteiger partial charge in [0.05, 0.1) is 7.11 Å². The average molecular weight is 497 g/mol. The Morgan fingerprint density at radius 2 is 1.42 bits per heavy atom. The Morgan fingerprint density at radius 3 is 1.86 bits per heavy atom. The summed E-state index contributed by atoms with van der Waals surface area (Å²) < 4.78 is 4.77. The van der Waals surface area contributed by atoms with E-state index in [9.17, 15) is 19.8 Å². The van der Waals surface area contributed by atoms with Crippen molar-refractivity contribution in [2.24, 2.45) is 0 Å². The van der Waals surface area contributed by atoms with E-state index in [0.29, 0.717) is 19.3 Å².